The van der Waals surface area contributed by atoms with E-state index in [1.165, 1.54) is 13.0 Å². The van der Waals surface area contributed by atoms with Crippen LogP contribution in [0.5, 0.6) is 5.75 Å². The van der Waals surface area contributed by atoms with Crippen molar-refractivity contribution in [3.63, 3.8) is 0 Å². The molecule has 1 N–H and O–H groups in total. The van der Waals surface area contributed by atoms with Gasteiger partial charge in [-0.3, -0.25) is 5.41 Å². The summed E-state index contributed by atoms with van der Waals surface area (Å²) in [5.74, 6) is 0.539. The van der Waals surface area contributed by atoms with Crippen molar-refractivity contribution in [2.45, 2.75) is 6.92 Å². The van der Waals surface area contributed by atoms with Crippen LogP contribution in [0.4, 0.5) is 5.69 Å². The van der Waals surface area contributed by atoms with E-state index in [1.807, 2.05) is 0 Å². The molecule has 4 nitrogen and oxygen atoms in total. The van der Waals surface area contributed by atoms with E-state index < -0.39 is 0 Å². The van der Waals surface area contributed by atoms with Gasteiger partial charge >= 0.3 is 0 Å². The number of hydrogen-bond donors (Lipinski definition) is 1. The lowest BCUT2D eigenvalue weighted by Gasteiger charge is -2.01. The third kappa shape index (κ3) is 2.16. The Morgan fingerprint density at radius 3 is 2.92 bits per heavy atom. The molecule has 0 aliphatic carbocycles. The Labute approximate surface area is 69.7 Å². The SMILES string of the molecule is CC(=N)Oc1cccc(N=O)c1. The fourth-order valence-corrected chi connectivity index (χ4v) is 0.781. The van der Waals surface area contributed by atoms with Gasteiger partial charge in [0.15, 0.2) is 5.90 Å². The summed E-state index contributed by atoms with van der Waals surface area (Å²) in [5, 5.41) is 9.77. The Kier molecular flexibility index (Phi) is 2.53. The van der Waals surface area contributed by atoms with E-state index in [0.29, 0.717) is 11.4 Å². The molecule has 62 valence electrons. The molecule has 0 atom stereocenters. The lowest BCUT2D eigenvalue weighted by molar-refractivity contribution is 0.542. The fourth-order valence-electron chi connectivity index (χ4n) is 0.781. The first-order valence-electron chi connectivity index (χ1n) is 3.39. The summed E-state index contributed by atoms with van der Waals surface area (Å²) < 4.78 is 4.94. The summed E-state index contributed by atoms with van der Waals surface area (Å²) in [7, 11) is 0. The van der Waals surface area contributed by atoms with Crippen LogP contribution in [0.1, 0.15) is 6.92 Å². The smallest absolute Gasteiger partial charge is 0.184 e. The number of nitrogens with zero attached hydrogens (tertiary/aromatic N) is 1. The molecular weight excluding hydrogens is 156 g/mol. The topological polar surface area (TPSA) is 62.5 Å². The van der Waals surface area contributed by atoms with Gasteiger partial charge < -0.3 is 4.74 Å². The van der Waals surface area contributed by atoms with Gasteiger partial charge in [-0.15, -0.1) is 4.91 Å². The predicted octanol–water partition coefficient (Wildman–Crippen LogP) is 2.46. The number of nitrogens with one attached hydrogen (secondary N) is 1. The third-order valence-electron chi connectivity index (χ3n) is 1.19. The zero-order valence-corrected chi connectivity index (χ0v) is 6.57. The average Bonchev–Trinajstić information content (AvgIpc) is 2.03. The van der Waals surface area contributed by atoms with Crippen LogP contribution < -0.4 is 4.74 Å². The highest BCUT2D eigenvalue weighted by molar-refractivity contribution is 5.72. The van der Waals surface area contributed by atoms with E-state index in [0.717, 1.165) is 0 Å². The summed E-state index contributed by atoms with van der Waals surface area (Å²) in [5.41, 5.74) is 0.300. The largest absolute Gasteiger partial charge is 0.444 e. The first kappa shape index (κ1) is 8.39. The zero-order valence-electron chi connectivity index (χ0n) is 6.57. The molecule has 4 heteroatoms. The van der Waals surface area contributed by atoms with E-state index >= 15 is 0 Å². The van der Waals surface area contributed by atoms with Crippen LogP contribution in [0.15, 0.2) is 29.4 Å². The summed E-state index contributed by atoms with van der Waals surface area (Å²) >= 11 is 0. The maximum Gasteiger partial charge on any atom is 0.184 e. The molecule has 0 radical (unpaired) electrons. The van der Waals surface area contributed by atoms with Gasteiger partial charge in [0.25, 0.3) is 0 Å². The second-order valence-corrected chi connectivity index (χ2v) is 2.25. The van der Waals surface area contributed by atoms with Crippen LogP contribution in [-0.4, -0.2) is 5.90 Å². The molecule has 0 aliphatic heterocycles. The lowest BCUT2D eigenvalue weighted by atomic mass is 10.3. The number of benzene rings is 1. The van der Waals surface area contributed by atoms with Crippen LogP contribution in [0.25, 0.3) is 0 Å². The van der Waals surface area contributed by atoms with Crippen LogP contribution in [0.3, 0.4) is 0 Å². The molecule has 0 unspecified atom stereocenters. The summed E-state index contributed by atoms with van der Waals surface area (Å²) in [4.78, 5) is 10.1. The van der Waals surface area contributed by atoms with E-state index in [9.17, 15) is 4.91 Å². The second kappa shape index (κ2) is 3.61. The van der Waals surface area contributed by atoms with Crippen LogP contribution in [-0.2, 0) is 0 Å². The fraction of sp³-hybridized carbons (Fsp3) is 0.125. The first-order chi connectivity index (χ1) is 5.72. The molecule has 0 fully saturated rings. The summed E-state index contributed by atoms with van der Waals surface area (Å²) in [6.07, 6.45) is 0. The molecule has 0 aliphatic rings. The maximum absolute atomic E-state index is 10.1. The summed E-state index contributed by atoms with van der Waals surface area (Å²) in [6, 6.07) is 6.35. The predicted molar refractivity (Wildman–Crippen MR) is 45.9 cm³/mol. The highest BCUT2D eigenvalue weighted by atomic mass is 16.5. The number of hydrogen-bond acceptors (Lipinski definition) is 4. The number of ether oxygens (including phenoxy) is 1. The van der Waals surface area contributed by atoms with Gasteiger partial charge in [-0.05, 0) is 17.3 Å². The summed E-state index contributed by atoms with van der Waals surface area (Å²) in [6.45, 7) is 1.51. The van der Waals surface area contributed by atoms with Gasteiger partial charge in [0.05, 0.1) is 0 Å². The molecule has 0 heterocycles. The monoisotopic (exact) mass is 164 g/mol. The Hall–Kier alpha value is -1.71. The standard InChI is InChI=1S/C8H8N2O2/c1-6(9)12-8-4-2-3-7(5-8)10-11/h2-5,9H,1H3. The van der Waals surface area contributed by atoms with Crippen LogP contribution in [0, 0.1) is 10.3 Å². The highest BCUT2D eigenvalue weighted by Crippen LogP contribution is 2.19. The van der Waals surface area contributed by atoms with E-state index in [1.54, 1.807) is 18.2 Å². The first-order valence-corrected chi connectivity index (χ1v) is 3.39. The third-order valence-corrected chi connectivity index (χ3v) is 1.19. The van der Waals surface area contributed by atoms with Gasteiger partial charge in [-0.1, -0.05) is 6.07 Å². The molecular formula is C8H8N2O2. The molecule has 0 spiro atoms. The van der Waals surface area contributed by atoms with Gasteiger partial charge in [-0.25, -0.2) is 0 Å². The van der Waals surface area contributed by atoms with Crippen LogP contribution >= 0.6 is 0 Å². The molecule has 1 rings (SSSR count). The molecule has 0 amide bonds. The Balaban J connectivity index is 2.86. The van der Waals surface area contributed by atoms with Gasteiger partial charge in [0.1, 0.15) is 11.4 Å². The normalized spacial score (nSPS) is 9.08. The molecule has 0 aromatic heterocycles. The molecule has 1 aromatic carbocycles. The lowest BCUT2D eigenvalue weighted by Crippen LogP contribution is -1.99. The minimum Gasteiger partial charge on any atom is -0.444 e. The van der Waals surface area contributed by atoms with Crippen molar-refractivity contribution in [2.24, 2.45) is 5.18 Å². The van der Waals surface area contributed by atoms with E-state index in [2.05, 4.69) is 5.18 Å². The van der Waals surface area contributed by atoms with Gasteiger partial charge in [0, 0.05) is 13.0 Å². The molecule has 0 saturated heterocycles. The van der Waals surface area contributed by atoms with Gasteiger partial charge in [-0.2, -0.15) is 0 Å². The molecule has 0 saturated carbocycles. The van der Waals surface area contributed by atoms with Crippen molar-refractivity contribution in [3.8, 4) is 5.75 Å². The van der Waals surface area contributed by atoms with Crippen molar-refractivity contribution >= 4 is 11.6 Å². The highest BCUT2D eigenvalue weighted by Gasteiger charge is 1.96. The zero-order chi connectivity index (χ0) is 8.97. The second-order valence-electron chi connectivity index (χ2n) is 2.25. The average molecular weight is 164 g/mol. The minimum absolute atomic E-state index is 0.0815. The molecule has 1 aromatic rings. The number of rotatable bonds is 2. The van der Waals surface area contributed by atoms with Crippen LogP contribution in [0.2, 0.25) is 0 Å². The van der Waals surface area contributed by atoms with Crippen molar-refractivity contribution in [1.29, 1.82) is 5.41 Å². The van der Waals surface area contributed by atoms with Crippen molar-refractivity contribution in [2.75, 3.05) is 0 Å². The molecule has 12 heavy (non-hydrogen) atoms. The Morgan fingerprint density at radius 2 is 2.33 bits per heavy atom. The van der Waals surface area contributed by atoms with Gasteiger partial charge in [0.2, 0.25) is 0 Å². The van der Waals surface area contributed by atoms with E-state index in [4.69, 9.17) is 10.1 Å². The Bertz CT molecular complexity index is 310. The van der Waals surface area contributed by atoms with Crippen molar-refractivity contribution in [1.82, 2.24) is 0 Å². The maximum atomic E-state index is 10.1. The minimum atomic E-state index is 0.0815. The Morgan fingerprint density at radius 1 is 1.58 bits per heavy atom. The van der Waals surface area contributed by atoms with Crippen molar-refractivity contribution in [3.05, 3.63) is 29.2 Å². The molecule has 0 bridgehead atoms. The number of nitroso groups, excluding NO2 is 1. The van der Waals surface area contributed by atoms with Crippen molar-refractivity contribution < 1.29 is 4.74 Å². The quantitative estimate of drug-likeness (QED) is 0.414. The van der Waals surface area contributed by atoms with E-state index in [-0.39, 0.29) is 5.90 Å².